The van der Waals surface area contributed by atoms with Crippen LogP contribution in [0.5, 0.6) is 0 Å². The molecule has 0 aromatic carbocycles. The highest BCUT2D eigenvalue weighted by Gasteiger charge is 2.16. The van der Waals surface area contributed by atoms with Crippen molar-refractivity contribution in [1.82, 2.24) is 0 Å². The third kappa shape index (κ3) is 3.32. The highest BCUT2D eigenvalue weighted by molar-refractivity contribution is 9.09. The zero-order valence-corrected chi connectivity index (χ0v) is 7.89. The lowest BCUT2D eigenvalue weighted by Gasteiger charge is -2.13. The predicted octanol–water partition coefficient (Wildman–Crippen LogP) is 1.36. The van der Waals surface area contributed by atoms with Crippen LogP contribution in [0.2, 0.25) is 0 Å². The normalized spacial score (nSPS) is 16.4. The molecular formula is C7H13BrO2. The maximum Gasteiger partial charge on any atom is 0.135 e. The number of aliphatic hydroxyl groups excluding tert-OH is 1. The van der Waals surface area contributed by atoms with Crippen LogP contribution in [0.4, 0.5) is 0 Å². The van der Waals surface area contributed by atoms with Crippen LogP contribution < -0.4 is 0 Å². The van der Waals surface area contributed by atoms with Crippen LogP contribution in [0, 0.1) is 5.92 Å². The molecular weight excluding hydrogens is 196 g/mol. The van der Waals surface area contributed by atoms with Crippen LogP contribution in [-0.4, -0.2) is 22.3 Å². The lowest BCUT2D eigenvalue weighted by molar-refractivity contribution is -0.123. The average molecular weight is 209 g/mol. The van der Waals surface area contributed by atoms with E-state index in [0.29, 0.717) is 6.42 Å². The standard InChI is InChI=1S/C7H13BrO2/c1-5(6(2)9)7(10)3-4-8/h5,7,10H,3-4H2,1-2H3/t5-,7-/m1/s1. The van der Waals surface area contributed by atoms with Gasteiger partial charge in [-0.1, -0.05) is 22.9 Å². The van der Waals surface area contributed by atoms with Gasteiger partial charge in [0.15, 0.2) is 0 Å². The van der Waals surface area contributed by atoms with E-state index in [1.54, 1.807) is 6.92 Å². The molecule has 0 aromatic rings. The molecule has 60 valence electrons. The average Bonchev–Trinajstić information content (AvgIpc) is 1.87. The highest BCUT2D eigenvalue weighted by atomic mass is 79.9. The minimum atomic E-state index is -0.489. The van der Waals surface area contributed by atoms with Crippen molar-refractivity contribution in [3.8, 4) is 0 Å². The molecule has 0 aromatic heterocycles. The quantitative estimate of drug-likeness (QED) is 0.709. The number of ketones is 1. The fraction of sp³-hybridized carbons (Fsp3) is 0.857. The molecule has 2 atom stereocenters. The van der Waals surface area contributed by atoms with Gasteiger partial charge in [0.05, 0.1) is 6.10 Å². The first-order valence-corrected chi connectivity index (χ1v) is 4.46. The number of carbonyl (C=O) groups is 1. The van der Waals surface area contributed by atoms with Gasteiger partial charge in [0.25, 0.3) is 0 Å². The van der Waals surface area contributed by atoms with Crippen molar-refractivity contribution < 1.29 is 9.90 Å². The van der Waals surface area contributed by atoms with Crippen LogP contribution in [0.1, 0.15) is 20.3 Å². The van der Waals surface area contributed by atoms with Crippen LogP contribution in [-0.2, 0) is 4.79 Å². The van der Waals surface area contributed by atoms with Gasteiger partial charge in [-0.25, -0.2) is 0 Å². The molecule has 0 saturated carbocycles. The molecule has 2 nitrogen and oxygen atoms in total. The number of hydrogen-bond acceptors (Lipinski definition) is 2. The van der Waals surface area contributed by atoms with E-state index < -0.39 is 6.10 Å². The van der Waals surface area contributed by atoms with E-state index in [1.165, 1.54) is 6.92 Å². The lowest BCUT2D eigenvalue weighted by Crippen LogP contribution is -2.23. The number of halogens is 1. The van der Waals surface area contributed by atoms with Gasteiger partial charge in [0, 0.05) is 11.2 Å². The monoisotopic (exact) mass is 208 g/mol. The van der Waals surface area contributed by atoms with E-state index in [4.69, 9.17) is 0 Å². The fourth-order valence-electron chi connectivity index (χ4n) is 0.633. The second kappa shape index (κ2) is 4.85. The first kappa shape index (κ1) is 10.1. The second-order valence-corrected chi connectivity index (χ2v) is 3.24. The molecule has 0 fully saturated rings. The minimum Gasteiger partial charge on any atom is -0.392 e. The summed E-state index contributed by atoms with van der Waals surface area (Å²) in [4.78, 5) is 10.7. The lowest BCUT2D eigenvalue weighted by atomic mass is 9.99. The van der Waals surface area contributed by atoms with E-state index in [2.05, 4.69) is 15.9 Å². The number of carbonyl (C=O) groups excluding carboxylic acids is 1. The highest BCUT2D eigenvalue weighted by Crippen LogP contribution is 2.08. The Labute approximate surface area is 69.8 Å². The van der Waals surface area contributed by atoms with E-state index in [1.807, 2.05) is 0 Å². The van der Waals surface area contributed by atoms with Gasteiger partial charge in [0.2, 0.25) is 0 Å². The summed E-state index contributed by atoms with van der Waals surface area (Å²) in [6, 6.07) is 0. The van der Waals surface area contributed by atoms with Crippen molar-refractivity contribution >= 4 is 21.7 Å². The Kier molecular flexibility index (Phi) is 4.91. The van der Waals surface area contributed by atoms with Gasteiger partial charge >= 0.3 is 0 Å². The smallest absolute Gasteiger partial charge is 0.135 e. The van der Waals surface area contributed by atoms with Gasteiger partial charge in [-0.2, -0.15) is 0 Å². The molecule has 0 unspecified atom stereocenters. The van der Waals surface area contributed by atoms with Crippen molar-refractivity contribution in [2.75, 3.05) is 5.33 Å². The maximum absolute atomic E-state index is 10.7. The maximum atomic E-state index is 10.7. The number of hydrogen-bond donors (Lipinski definition) is 1. The van der Waals surface area contributed by atoms with Gasteiger partial charge in [-0.3, -0.25) is 4.79 Å². The van der Waals surface area contributed by atoms with Crippen molar-refractivity contribution in [3.63, 3.8) is 0 Å². The Bertz CT molecular complexity index is 114. The molecule has 1 N–H and O–H groups in total. The summed E-state index contributed by atoms with van der Waals surface area (Å²) in [5, 5.41) is 9.98. The molecule has 0 aliphatic heterocycles. The largest absolute Gasteiger partial charge is 0.392 e. The summed E-state index contributed by atoms with van der Waals surface area (Å²) in [5.74, 6) is -0.175. The molecule has 0 spiro atoms. The predicted molar refractivity (Wildman–Crippen MR) is 44.3 cm³/mol. The molecule has 10 heavy (non-hydrogen) atoms. The minimum absolute atomic E-state index is 0.0495. The summed E-state index contributed by atoms with van der Waals surface area (Å²) in [7, 11) is 0. The summed E-state index contributed by atoms with van der Waals surface area (Å²) in [6.45, 7) is 3.25. The summed E-state index contributed by atoms with van der Waals surface area (Å²) in [6.07, 6.45) is 0.151. The molecule has 0 radical (unpaired) electrons. The Balaban J connectivity index is 3.69. The zero-order valence-electron chi connectivity index (χ0n) is 6.30. The Hall–Kier alpha value is 0.110. The number of alkyl halides is 1. The van der Waals surface area contributed by atoms with Crippen molar-refractivity contribution in [2.45, 2.75) is 26.4 Å². The third-order valence-electron chi connectivity index (χ3n) is 1.62. The fourth-order valence-corrected chi connectivity index (χ4v) is 1.10. The van der Waals surface area contributed by atoms with Crippen molar-refractivity contribution in [1.29, 1.82) is 0 Å². The molecule has 0 aliphatic rings. The molecule has 0 saturated heterocycles. The van der Waals surface area contributed by atoms with Gasteiger partial charge in [0.1, 0.15) is 5.78 Å². The number of aliphatic hydroxyl groups is 1. The van der Waals surface area contributed by atoms with E-state index >= 15 is 0 Å². The topological polar surface area (TPSA) is 37.3 Å². The van der Waals surface area contributed by atoms with Crippen LogP contribution in [0.3, 0.4) is 0 Å². The number of Topliss-reactive ketones (excluding diaryl/α,β-unsaturated/α-hetero) is 1. The van der Waals surface area contributed by atoms with E-state index in [0.717, 1.165) is 5.33 Å². The molecule has 0 bridgehead atoms. The van der Waals surface area contributed by atoms with E-state index in [-0.39, 0.29) is 11.7 Å². The van der Waals surface area contributed by atoms with Gasteiger partial charge in [-0.15, -0.1) is 0 Å². The SMILES string of the molecule is CC(=O)[C@@H](C)[C@H](O)CCBr. The van der Waals surface area contributed by atoms with E-state index in [9.17, 15) is 9.90 Å². The van der Waals surface area contributed by atoms with Crippen LogP contribution in [0.25, 0.3) is 0 Å². The van der Waals surface area contributed by atoms with Crippen molar-refractivity contribution in [2.24, 2.45) is 5.92 Å². The number of rotatable bonds is 4. The third-order valence-corrected chi connectivity index (χ3v) is 2.08. The summed E-state index contributed by atoms with van der Waals surface area (Å²) >= 11 is 3.20. The molecule has 3 heteroatoms. The first-order chi connectivity index (χ1) is 4.59. The van der Waals surface area contributed by atoms with Gasteiger partial charge < -0.3 is 5.11 Å². The Morgan fingerprint density at radius 2 is 2.20 bits per heavy atom. The molecule has 0 rings (SSSR count). The molecule has 0 amide bonds. The zero-order chi connectivity index (χ0) is 8.15. The van der Waals surface area contributed by atoms with Crippen LogP contribution >= 0.6 is 15.9 Å². The first-order valence-electron chi connectivity index (χ1n) is 3.34. The Morgan fingerprint density at radius 3 is 2.50 bits per heavy atom. The Morgan fingerprint density at radius 1 is 1.70 bits per heavy atom. The molecule has 0 aliphatic carbocycles. The summed E-state index contributed by atoms with van der Waals surface area (Å²) < 4.78 is 0. The second-order valence-electron chi connectivity index (χ2n) is 2.44. The molecule has 0 heterocycles. The van der Waals surface area contributed by atoms with Gasteiger partial charge in [-0.05, 0) is 13.3 Å². The summed E-state index contributed by atoms with van der Waals surface area (Å²) in [5.41, 5.74) is 0. The van der Waals surface area contributed by atoms with Crippen LogP contribution in [0.15, 0.2) is 0 Å². The van der Waals surface area contributed by atoms with Crippen molar-refractivity contribution in [3.05, 3.63) is 0 Å².